The van der Waals surface area contributed by atoms with Crippen molar-refractivity contribution in [2.75, 3.05) is 47.1 Å². The average molecular weight is 467 g/mol. The molecule has 5 nitrogen and oxygen atoms in total. The molecule has 1 aliphatic heterocycles. The number of hydrogen-bond acceptors (Lipinski definition) is 4. The number of nitrogens with one attached hydrogen (secondary N) is 1. The minimum atomic E-state index is 0. The van der Waals surface area contributed by atoms with E-state index in [0.717, 1.165) is 45.0 Å². The molecule has 0 amide bonds. The van der Waals surface area contributed by atoms with E-state index in [0.29, 0.717) is 19.1 Å². The number of methoxy groups -OCH3 is 1. The van der Waals surface area contributed by atoms with Crippen molar-refractivity contribution in [2.24, 2.45) is 10.9 Å². The molecule has 1 aliphatic rings. The molecule has 0 saturated carbocycles. The summed E-state index contributed by atoms with van der Waals surface area (Å²) in [6.07, 6.45) is 2.27. The molecule has 2 heterocycles. The Labute approximate surface area is 166 Å². The van der Waals surface area contributed by atoms with Gasteiger partial charge in [-0.25, -0.2) is 0 Å². The van der Waals surface area contributed by atoms with E-state index in [1.54, 1.807) is 7.11 Å². The molecule has 7 heteroatoms. The molecular weight excluding hydrogens is 437 g/mol. The Morgan fingerprint density at radius 3 is 2.83 bits per heavy atom. The first-order valence-corrected chi connectivity index (χ1v) is 9.18. The molecule has 1 saturated heterocycles. The molecule has 0 aromatic carbocycles. The highest BCUT2D eigenvalue weighted by molar-refractivity contribution is 14.0. The Bertz CT molecular complexity index is 496. The standard InChI is InChI=1S/C17H29N3O2S.HI/c1-4-15-5-6-16(23-15)11-19-17(18-2)20-8-7-14(12-20)13-22-10-9-21-3;/h5-6,14H,4,7-13H2,1-3H3,(H,18,19);1H. The zero-order chi connectivity index (χ0) is 16.5. The Kier molecular flexibility index (Phi) is 10.9. The minimum absolute atomic E-state index is 0. The van der Waals surface area contributed by atoms with Crippen molar-refractivity contribution >= 4 is 41.3 Å². The third-order valence-electron chi connectivity index (χ3n) is 4.07. The maximum atomic E-state index is 5.65. The summed E-state index contributed by atoms with van der Waals surface area (Å²) in [6, 6.07) is 4.42. The maximum absolute atomic E-state index is 5.65. The molecule has 138 valence electrons. The fourth-order valence-corrected chi connectivity index (χ4v) is 3.66. The number of aryl methyl sites for hydroxylation is 1. The zero-order valence-electron chi connectivity index (χ0n) is 14.9. The summed E-state index contributed by atoms with van der Waals surface area (Å²) >= 11 is 1.88. The second-order valence-corrected chi connectivity index (χ2v) is 7.04. The number of hydrogen-bond donors (Lipinski definition) is 1. The minimum Gasteiger partial charge on any atom is -0.382 e. The van der Waals surface area contributed by atoms with Gasteiger partial charge in [-0.05, 0) is 25.0 Å². The van der Waals surface area contributed by atoms with Crippen LogP contribution in [0.1, 0.15) is 23.1 Å². The van der Waals surface area contributed by atoms with Crippen molar-refractivity contribution in [3.63, 3.8) is 0 Å². The molecule has 1 aromatic heterocycles. The largest absolute Gasteiger partial charge is 0.382 e. The van der Waals surface area contributed by atoms with Crippen molar-refractivity contribution < 1.29 is 9.47 Å². The van der Waals surface area contributed by atoms with E-state index in [1.165, 1.54) is 9.75 Å². The molecule has 24 heavy (non-hydrogen) atoms. The van der Waals surface area contributed by atoms with Crippen molar-refractivity contribution in [1.29, 1.82) is 0 Å². The Balaban J connectivity index is 0.00000288. The lowest BCUT2D eigenvalue weighted by atomic mass is 10.1. The zero-order valence-corrected chi connectivity index (χ0v) is 18.1. The van der Waals surface area contributed by atoms with Gasteiger partial charge in [0.2, 0.25) is 0 Å². The molecule has 1 N–H and O–H groups in total. The van der Waals surface area contributed by atoms with Crippen LogP contribution in [0.15, 0.2) is 17.1 Å². The van der Waals surface area contributed by atoms with E-state index in [4.69, 9.17) is 9.47 Å². The molecular formula is C17H30IN3O2S. The Morgan fingerprint density at radius 1 is 1.38 bits per heavy atom. The van der Waals surface area contributed by atoms with Crippen LogP contribution in [0.25, 0.3) is 0 Å². The molecule has 1 fully saturated rings. The van der Waals surface area contributed by atoms with Crippen molar-refractivity contribution in [3.8, 4) is 0 Å². The monoisotopic (exact) mass is 467 g/mol. The van der Waals surface area contributed by atoms with Crippen LogP contribution in [0.3, 0.4) is 0 Å². The van der Waals surface area contributed by atoms with Gasteiger partial charge in [0.25, 0.3) is 0 Å². The molecule has 0 bridgehead atoms. The summed E-state index contributed by atoms with van der Waals surface area (Å²) in [7, 11) is 3.56. The summed E-state index contributed by atoms with van der Waals surface area (Å²) in [5, 5.41) is 3.49. The quantitative estimate of drug-likeness (QED) is 0.277. The summed E-state index contributed by atoms with van der Waals surface area (Å²) in [5.41, 5.74) is 0. The van der Waals surface area contributed by atoms with Crippen molar-refractivity contribution in [3.05, 3.63) is 21.9 Å². The van der Waals surface area contributed by atoms with Crippen LogP contribution in [-0.2, 0) is 22.4 Å². The number of thiophene rings is 1. The van der Waals surface area contributed by atoms with Crippen LogP contribution >= 0.6 is 35.3 Å². The van der Waals surface area contributed by atoms with Crippen molar-refractivity contribution in [1.82, 2.24) is 10.2 Å². The van der Waals surface area contributed by atoms with E-state index in [9.17, 15) is 0 Å². The predicted molar refractivity (Wildman–Crippen MR) is 112 cm³/mol. The molecule has 2 rings (SSSR count). The topological polar surface area (TPSA) is 46.1 Å². The van der Waals surface area contributed by atoms with Gasteiger partial charge >= 0.3 is 0 Å². The van der Waals surface area contributed by atoms with Gasteiger partial charge in [0.05, 0.1) is 26.4 Å². The van der Waals surface area contributed by atoms with Gasteiger partial charge in [0, 0.05) is 42.9 Å². The van der Waals surface area contributed by atoms with Gasteiger partial charge in [-0.3, -0.25) is 4.99 Å². The SMILES string of the molecule is CCc1ccc(CNC(=NC)N2CCC(COCCOC)C2)s1.I. The number of rotatable bonds is 8. The van der Waals surface area contributed by atoms with Crippen LogP contribution in [0, 0.1) is 5.92 Å². The molecule has 0 spiro atoms. The van der Waals surface area contributed by atoms with Crippen LogP contribution in [-0.4, -0.2) is 57.9 Å². The second-order valence-electron chi connectivity index (χ2n) is 5.79. The number of guanidine groups is 1. The first-order chi connectivity index (χ1) is 11.3. The molecule has 1 aromatic rings. The van der Waals surface area contributed by atoms with Gasteiger partial charge < -0.3 is 19.7 Å². The highest BCUT2D eigenvalue weighted by atomic mass is 127. The fraction of sp³-hybridized carbons (Fsp3) is 0.706. The summed E-state index contributed by atoms with van der Waals surface area (Å²) in [4.78, 5) is 9.56. The third kappa shape index (κ3) is 6.85. The average Bonchev–Trinajstić information content (AvgIpc) is 3.22. The van der Waals surface area contributed by atoms with Crippen LogP contribution in [0.2, 0.25) is 0 Å². The molecule has 0 radical (unpaired) electrons. The predicted octanol–water partition coefficient (Wildman–Crippen LogP) is 2.99. The Morgan fingerprint density at radius 2 is 2.17 bits per heavy atom. The van der Waals surface area contributed by atoms with Gasteiger partial charge in [-0.2, -0.15) is 0 Å². The maximum Gasteiger partial charge on any atom is 0.193 e. The first kappa shape index (κ1) is 21.7. The highest BCUT2D eigenvalue weighted by Crippen LogP contribution is 2.18. The molecule has 0 aliphatic carbocycles. The summed E-state index contributed by atoms with van der Waals surface area (Å²) in [5.74, 6) is 1.58. The van der Waals surface area contributed by atoms with Gasteiger partial charge in [0.1, 0.15) is 0 Å². The number of nitrogens with zero attached hydrogens (tertiary/aromatic N) is 2. The summed E-state index contributed by atoms with van der Waals surface area (Å²) in [6.45, 7) is 7.25. The van der Waals surface area contributed by atoms with Gasteiger partial charge in [-0.15, -0.1) is 35.3 Å². The van der Waals surface area contributed by atoms with E-state index in [1.807, 2.05) is 18.4 Å². The fourth-order valence-electron chi connectivity index (χ4n) is 2.76. The van der Waals surface area contributed by atoms with Gasteiger partial charge in [-0.1, -0.05) is 6.92 Å². The summed E-state index contributed by atoms with van der Waals surface area (Å²) < 4.78 is 10.7. The highest BCUT2D eigenvalue weighted by Gasteiger charge is 2.24. The van der Waals surface area contributed by atoms with E-state index in [2.05, 4.69) is 34.3 Å². The van der Waals surface area contributed by atoms with E-state index in [-0.39, 0.29) is 24.0 Å². The number of ether oxygens (including phenoxy) is 2. The third-order valence-corrected chi connectivity index (χ3v) is 5.30. The number of likely N-dealkylation sites (tertiary alicyclic amines) is 1. The smallest absolute Gasteiger partial charge is 0.193 e. The normalized spacial score (nSPS) is 17.9. The number of halogens is 1. The van der Waals surface area contributed by atoms with E-state index >= 15 is 0 Å². The molecule has 1 atom stereocenters. The second kappa shape index (κ2) is 12.1. The lowest BCUT2D eigenvalue weighted by Gasteiger charge is -2.21. The van der Waals surface area contributed by atoms with Crippen molar-refractivity contribution in [2.45, 2.75) is 26.3 Å². The lowest BCUT2D eigenvalue weighted by molar-refractivity contribution is 0.0536. The van der Waals surface area contributed by atoms with Crippen LogP contribution in [0.5, 0.6) is 0 Å². The number of aliphatic imine (C=N–C) groups is 1. The Hall–Kier alpha value is -0.380. The molecule has 1 unspecified atom stereocenters. The van der Waals surface area contributed by atoms with E-state index < -0.39 is 0 Å². The van der Waals surface area contributed by atoms with Crippen LogP contribution < -0.4 is 5.32 Å². The first-order valence-electron chi connectivity index (χ1n) is 8.36. The lowest BCUT2D eigenvalue weighted by Crippen LogP contribution is -2.39. The van der Waals surface area contributed by atoms with Gasteiger partial charge in [0.15, 0.2) is 5.96 Å². The van der Waals surface area contributed by atoms with Crippen LogP contribution in [0.4, 0.5) is 0 Å².